The number of esters is 1. The van der Waals surface area contributed by atoms with Gasteiger partial charge in [-0.1, -0.05) is 29.8 Å². The molecule has 0 radical (unpaired) electrons. The third-order valence-corrected chi connectivity index (χ3v) is 7.67. The van der Waals surface area contributed by atoms with Gasteiger partial charge in [-0.15, -0.1) is 11.3 Å². The second-order valence-electron chi connectivity index (χ2n) is 9.19. The molecule has 0 fully saturated rings. The quantitative estimate of drug-likeness (QED) is 0.415. The van der Waals surface area contributed by atoms with Gasteiger partial charge in [0.2, 0.25) is 0 Å². The van der Waals surface area contributed by atoms with Crippen LogP contribution in [0.1, 0.15) is 58.5 Å². The van der Waals surface area contributed by atoms with E-state index in [0.717, 1.165) is 42.8 Å². The number of carbonyl (C=O) groups is 4. The predicted molar refractivity (Wildman–Crippen MR) is 141 cm³/mol. The Hall–Kier alpha value is -2.55. The third-order valence-electron chi connectivity index (χ3n) is 6.44. The van der Waals surface area contributed by atoms with Gasteiger partial charge < -0.3 is 15.0 Å². The fourth-order valence-corrected chi connectivity index (χ4v) is 5.21. The lowest BCUT2D eigenvalue weighted by Gasteiger charge is -2.18. The molecule has 0 bridgehead atoms. The molecule has 1 aliphatic rings. The number of amides is 1. The minimum atomic E-state index is -0.798. The van der Waals surface area contributed by atoms with Crippen LogP contribution in [0.3, 0.4) is 0 Å². The van der Waals surface area contributed by atoms with Crippen molar-refractivity contribution in [3.8, 4) is 0 Å². The number of methoxy groups -OCH3 is 1. The number of nitrogens with one attached hydrogen (secondary N) is 1. The van der Waals surface area contributed by atoms with Crippen molar-refractivity contribution in [2.24, 2.45) is 0 Å². The van der Waals surface area contributed by atoms with Crippen LogP contribution in [0.25, 0.3) is 0 Å². The number of hydrogen-bond acceptors (Lipinski definition) is 7. The molecule has 0 spiro atoms. The summed E-state index contributed by atoms with van der Waals surface area (Å²) in [6, 6.07) is 8.64. The number of ether oxygens (including phenoxy) is 1. The zero-order chi connectivity index (χ0) is 26.1. The first-order chi connectivity index (χ1) is 17.2. The van der Waals surface area contributed by atoms with E-state index in [9.17, 15) is 19.2 Å². The van der Waals surface area contributed by atoms with Gasteiger partial charge in [-0.2, -0.15) is 0 Å². The van der Waals surface area contributed by atoms with E-state index in [2.05, 4.69) is 34.1 Å². The van der Waals surface area contributed by atoms with Gasteiger partial charge in [0.25, 0.3) is 5.91 Å². The number of thiophene rings is 1. The fraction of sp³-hybridized carbons (Fsp3) is 0.481. The molecule has 3 rings (SSSR count). The summed E-state index contributed by atoms with van der Waals surface area (Å²) < 4.78 is 5.08. The molecule has 1 aromatic carbocycles. The molecule has 0 aliphatic carbocycles. The molecule has 0 unspecified atom stereocenters. The Labute approximate surface area is 221 Å². The normalized spacial score (nSPS) is 14.4. The van der Waals surface area contributed by atoms with Crippen LogP contribution in [0.5, 0.6) is 0 Å². The summed E-state index contributed by atoms with van der Waals surface area (Å²) >= 11 is 7.10. The number of halogens is 1. The minimum absolute atomic E-state index is 0.0562. The number of hydrogen-bond donors (Lipinski definition) is 1. The third kappa shape index (κ3) is 8.54. The molecule has 1 amide bonds. The molecule has 1 aliphatic heterocycles. The maximum Gasteiger partial charge on any atom is 0.305 e. The van der Waals surface area contributed by atoms with Gasteiger partial charge >= 0.3 is 5.97 Å². The lowest BCUT2D eigenvalue weighted by molar-refractivity contribution is -0.140. The molecule has 1 aromatic heterocycles. The summed E-state index contributed by atoms with van der Waals surface area (Å²) in [4.78, 5) is 52.4. The van der Waals surface area contributed by atoms with E-state index in [-0.39, 0.29) is 55.5 Å². The Bertz CT molecular complexity index is 1100. The van der Waals surface area contributed by atoms with Gasteiger partial charge in [0.15, 0.2) is 5.78 Å². The summed E-state index contributed by atoms with van der Waals surface area (Å²) in [7, 11) is 3.42. The van der Waals surface area contributed by atoms with Gasteiger partial charge in [0, 0.05) is 38.8 Å². The fourth-order valence-electron chi connectivity index (χ4n) is 4.27. The maximum atomic E-state index is 13.3. The van der Waals surface area contributed by atoms with Crippen LogP contribution in [0.2, 0.25) is 4.34 Å². The van der Waals surface area contributed by atoms with E-state index in [1.807, 2.05) is 6.07 Å². The molecule has 9 heteroatoms. The van der Waals surface area contributed by atoms with E-state index >= 15 is 0 Å². The highest BCUT2D eigenvalue weighted by atomic mass is 35.5. The predicted octanol–water partition coefficient (Wildman–Crippen LogP) is 4.03. The Morgan fingerprint density at radius 3 is 2.50 bits per heavy atom. The highest BCUT2D eigenvalue weighted by molar-refractivity contribution is 7.18. The first-order valence-electron chi connectivity index (χ1n) is 12.2. The Kier molecular flexibility index (Phi) is 10.6. The summed E-state index contributed by atoms with van der Waals surface area (Å²) in [5, 5.41) is 2.81. The summed E-state index contributed by atoms with van der Waals surface area (Å²) in [6.07, 6.45) is 3.24. The number of likely N-dealkylation sites (N-methyl/N-ethyl adjacent to an activating group) is 1. The molecule has 0 saturated heterocycles. The first kappa shape index (κ1) is 28.0. The molecule has 194 valence electrons. The second kappa shape index (κ2) is 13.7. The van der Waals surface area contributed by atoms with Crippen LogP contribution in [-0.4, -0.2) is 61.6 Å². The first-order valence-corrected chi connectivity index (χ1v) is 13.4. The molecular weight excluding hydrogens is 500 g/mol. The molecule has 36 heavy (non-hydrogen) atoms. The Balaban J connectivity index is 1.65. The topological polar surface area (TPSA) is 92.8 Å². The van der Waals surface area contributed by atoms with Crippen molar-refractivity contribution in [2.75, 3.05) is 27.2 Å². The Morgan fingerprint density at radius 2 is 1.81 bits per heavy atom. The van der Waals surface area contributed by atoms with Crippen molar-refractivity contribution < 1.29 is 23.9 Å². The van der Waals surface area contributed by atoms with E-state index in [0.29, 0.717) is 15.6 Å². The van der Waals surface area contributed by atoms with Crippen molar-refractivity contribution in [3.63, 3.8) is 0 Å². The smallest absolute Gasteiger partial charge is 0.305 e. The van der Waals surface area contributed by atoms with Gasteiger partial charge in [0.05, 0.1) is 22.4 Å². The van der Waals surface area contributed by atoms with E-state index in [1.165, 1.54) is 18.2 Å². The average molecular weight is 533 g/mol. The van der Waals surface area contributed by atoms with E-state index < -0.39 is 6.04 Å². The van der Waals surface area contributed by atoms with E-state index in [1.54, 1.807) is 12.1 Å². The van der Waals surface area contributed by atoms with Crippen LogP contribution < -0.4 is 5.32 Å². The van der Waals surface area contributed by atoms with Crippen molar-refractivity contribution in [1.29, 1.82) is 0 Å². The number of nitrogens with zero attached hydrogens (tertiary/aromatic N) is 1. The summed E-state index contributed by atoms with van der Waals surface area (Å²) in [5.41, 5.74) is 3.48. The molecule has 2 heterocycles. The van der Waals surface area contributed by atoms with Crippen LogP contribution in [-0.2, 0) is 38.4 Å². The molecular formula is C27H33ClN2O5S. The number of fused-ring (bicyclic) bond motifs is 1. The number of ketones is 2. The monoisotopic (exact) mass is 532 g/mol. The molecule has 2 aromatic rings. The largest absolute Gasteiger partial charge is 0.469 e. The van der Waals surface area contributed by atoms with Crippen LogP contribution in [0.15, 0.2) is 30.3 Å². The highest BCUT2D eigenvalue weighted by Gasteiger charge is 2.24. The maximum absolute atomic E-state index is 13.3. The SMILES string of the molecule is COC(=O)CCCC(=O)CC[C@@H](NC(=O)c1ccc(Cl)s1)C(=O)Cc1ccc2c(c1)CCN(C)CC2. The van der Waals surface area contributed by atoms with Gasteiger partial charge in [0.1, 0.15) is 5.78 Å². The lowest BCUT2D eigenvalue weighted by Crippen LogP contribution is -2.41. The van der Waals surface area contributed by atoms with Crippen LogP contribution in [0.4, 0.5) is 0 Å². The lowest BCUT2D eigenvalue weighted by atomic mass is 9.94. The number of benzene rings is 1. The number of Topliss-reactive ketones (excluding diaryl/α,β-unsaturated/α-hetero) is 2. The molecule has 7 nitrogen and oxygen atoms in total. The standard InChI is InChI=1S/C27H33ClN2O5S/c1-30-14-12-19-7-6-18(16-20(19)13-15-30)17-23(32)22(29-27(34)24-10-11-25(28)36-24)9-8-21(31)4-3-5-26(33)35-2/h6-7,10-11,16,22H,3-5,8-9,12-15,17H2,1-2H3,(H,29,34)/t22-/m1/s1. The molecule has 0 saturated carbocycles. The van der Waals surface area contributed by atoms with E-state index in [4.69, 9.17) is 11.6 Å². The van der Waals surface area contributed by atoms with Gasteiger partial charge in [-0.05, 0) is 61.6 Å². The second-order valence-corrected chi connectivity index (χ2v) is 10.9. The van der Waals surface area contributed by atoms with Crippen molar-refractivity contribution in [2.45, 2.75) is 57.4 Å². The van der Waals surface area contributed by atoms with Crippen molar-refractivity contribution in [1.82, 2.24) is 10.2 Å². The van der Waals surface area contributed by atoms with Gasteiger partial charge in [-0.3, -0.25) is 19.2 Å². The zero-order valence-corrected chi connectivity index (χ0v) is 22.4. The summed E-state index contributed by atoms with van der Waals surface area (Å²) in [6.45, 7) is 1.99. The van der Waals surface area contributed by atoms with Crippen LogP contribution >= 0.6 is 22.9 Å². The zero-order valence-electron chi connectivity index (χ0n) is 20.8. The number of rotatable bonds is 12. The molecule has 1 N–H and O–H groups in total. The van der Waals surface area contributed by atoms with Crippen molar-refractivity contribution >= 4 is 46.4 Å². The highest BCUT2D eigenvalue weighted by Crippen LogP contribution is 2.22. The molecule has 1 atom stereocenters. The van der Waals surface area contributed by atoms with Gasteiger partial charge in [-0.25, -0.2) is 0 Å². The number of carbonyl (C=O) groups excluding carboxylic acids is 4. The minimum Gasteiger partial charge on any atom is -0.469 e. The Morgan fingerprint density at radius 1 is 1.06 bits per heavy atom. The average Bonchev–Trinajstić information content (AvgIpc) is 3.21. The van der Waals surface area contributed by atoms with Crippen LogP contribution in [0, 0.1) is 0 Å². The van der Waals surface area contributed by atoms with Crippen molar-refractivity contribution in [3.05, 3.63) is 56.2 Å². The summed E-state index contributed by atoms with van der Waals surface area (Å²) in [5.74, 6) is -0.934.